The number of methoxy groups -OCH3 is 1. The van der Waals surface area contributed by atoms with Gasteiger partial charge in [0.15, 0.2) is 17.3 Å². The number of carbonyl (C=O) groups is 1. The lowest BCUT2D eigenvalue weighted by Crippen LogP contribution is -2.00. The second-order valence-corrected chi connectivity index (χ2v) is 4.40. The molecule has 2 aromatic rings. The van der Waals surface area contributed by atoms with Gasteiger partial charge < -0.3 is 14.6 Å². The van der Waals surface area contributed by atoms with Crippen LogP contribution in [0.4, 0.5) is 0 Å². The first kappa shape index (κ1) is 15.0. The van der Waals surface area contributed by atoms with Crippen molar-refractivity contribution in [2.24, 2.45) is 0 Å². The molecular weight excluding hydrogens is 270 g/mol. The van der Waals surface area contributed by atoms with Crippen molar-refractivity contribution < 1.29 is 19.4 Å². The molecule has 110 valence electrons. The lowest BCUT2D eigenvalue weighted by atomic mass is 10.2. The summed E-state index contributed by atoms with van der Waals surface area (Å²) in [4.78, 5) is 15.6. The molecular formula is C16H17NO4. The van der Waals surface area contributed by atoms with E-state index in [-0.39, 0.29) is 12.4 Å². The summed E-state index contributed by atoms with van der Waals surface area (Å²) in [5, 5.41) is 9.11. The van der Waals surface area contributed by atoms with Gasteiger partial charge in [-0.25, -0.2) is 4.98 Å². The van der Waals surface area contributed by atoms with Crippen molar-refractivity contribution in [3.63, 3.8) is 0 Å². The van der Waals surface area contributed by atoms with Crippen molar-refractivity contribution in [2.75, 3.05) is 7.11 Å². The number of benzene rings is 1. The van der Waals surface area contributed by atoms with Crippen LogP contribution in [0.15, 0.2) is 36.5 Å². The summed E-state index contributed by atoms with van der Waals surface area (Å²) in [6.07, 6.45) is 1.92. The van der Waals surface area contributed by atoms with Crippen LogP contribution in [0.1, 0.15) is 29.4 Å². The molecule has 1 aromatic carbocycles. The van der Waals surface area contributed by atoms with Crippen LogP contribution in [0.3, 0.4) is 0 Å². The number of Topliss-reactive ketones (excluding diaryl/α,β-unsaturated/α-hetero) is 1. The molecule has 0 amide bonds. The number of aliphatic hydroxyl groups is 1. The van der Waals surface area contributed by atoms with Gasteiger partial charge in [-0.1, -0.05) is 13.0 Å². The minimum absolute atomic E-state index is 0.00794. The van der Waals surface area contributed by atoms with Gasteiger partial charge in [-0.3, -0.25) is 4.79 Å². The zero-order chi connectivity index (χ0) is 15.2. The molecule has 1 heterocycles. The van der Waals surface area contributed by atoms with E-state index >= 15 is 0 Å². The summed E-state index contributed by atoms with van der Waals surface area (Å²) in [5.41, 5.74) is 1.16. The number of hydrogen-bond acceptors (Lipinski definition) is 5. The average Bonchev–Trinajstić information content (AvgIpc) is 2.55. The van der Waals surface area contributed by atoms with Crippen molar-refractivity contribution in [3.8, 4) is 17.2 Å². The predicted octanol–water partition coefficient (Wildman–Crippen LogP) is 2.97. The van der Waals surface area contributed by atoms with Gasteiger partial charge >= 0.3 is 0 Å². The van der Waals surface area contributed by atoms with E-state index in [1.54, 1.807) is 37.3 Å². The molecule has 2 rings (SSSR count). The van der Waals surface area contributed by atoms with Crippen molar-refractivity contribution in [3.05, 3.63) is 47.8 Å². The Hall–Kier alpha value is -2.40. The first-order chi connectivity index (χ1) is 10.2. The molecule has 5 heteroatoms. The van der Waals surface area contributed by atoms with Gasteiger partial charge in [-0.15, -0.1) is 0 Å². The highest BCUT2D eigenvalue weighted by Gasteiger charge is 2.09. The monoisotopic (exact) mass is 287 g/mol. The molecule has 0 aliphatic rings. The first-order valence-electron chi connectivity index (χ1n) is 6.62. The lowest BCUT2D eigenvalue weighted by Gasteiger charge is -2.11. The van der Waals surface area contributed by atoms with Crippen molar-refractivity contribution in [2.45, 2.75) is 20.0 Å². The third kappa shape index (κ3) is 3.58. The van der Waals surface area contributed by atoms with Crippen LogP contribution in [-0.2, 0) is 6.61 Å². The highest BCUT2D eigenvalue weighted by atomic mass is 16.5. The summed E-state index contributed by atoms with van der Waals surface area (Å²) >= 11 is 0. The number of hydrogen-bond donors (Lipinski definition) is 1. The lowest BCUT2D eigenvalue weighted by molar-refractivity contribution is 0.0983. The fourth-order valence-electron chi connectivity index (χ4n) is 1.81. The molecule has 0 aliphatic heterocycles. The fraction of sp³-hybridized carbons (Fsp3) is 0.250. The Labute approximate surface area is 123 Å². The van der Waals surface area contributed by atoms with Gasteiger partial charge in [0.2, 0.25) is 0 Å². The molecule has 0 fully saturated rings. The van der Waals surface area contributed by atoms with E-state index in [0.717, 1.165) is 5.56 Å². The zero-order valence-electron chi connectivity index (χ0n) is 12.0. The van der Waals surface area contributed by atoms with Crippen molar-refractivity contribution >= 4 is 5.78 Å². The van der Waals surface area contributed by atoms with Crippen molar-refractivity contribution in [1.29, 1.82) is 0 Å². The third-order valence-corrected chi connectivity index (χ3v) is 2.98. The van der Waals surface area contributed by atoms with E-state index in [2.05, 4.69) is 4.98 Å². The number of aromatic nitrogens is 1. The molecule has 0 bridgehead atoms. The standard InChI is InChI=1S/C16H17NO4/c1-3-14(19)13-6-5-12(9-17-13)21-15-7-4-11(10-18)8-16(15)20-2/h4-9,18H,3,10H2,1-2H3. The van der Waals surface area contributed by atoms with E-state index in [1.165, 1.54) is 13.3 Å². The maximum atomic E-state index is 11.5. The van der Waals surface area contributed by atoms with Gasteiger partial charge in [0.05, 0.1) is 19.9 Å². The highest BCUT2D eigenvalue weighted by molar-refractivity contribution is 5.93. The van der Waals surface area contributed by atoms with Crippen LogP contribution in [0.25, 0.3) is 0 Å². The van der Waals surface area contributed by atoms with Gasteiger partial charge in [0.25, 0.3) is 0 Å². The number of nitrogens with zero attached hydrogens (tertiary/aromatic N) is 1. The van der Waals surface area contributed by atoms with E-state index in [0.29, 0.717) is 29.4 Å². The largest absolute Gasteiger partial charge is 0.493 e. The number of ether oxygens (including phenoxy) is 2. The highest BCUT2D eigenvalue weighted by Crippen LogP contribution is 2.32. The van der Waals surface area contributed by atoms with Crippen LogP contribution in [-0.4, -0.2) is 23.0 Å². The summed E-state index contributed by atoms with van der Waals surface area (Å²) in [7, 11) is 1.53. The number of ketones is 1. The molecule has 0 atom stereocenters. The maximum absolute atomic E-state index is 11.5. The Morgan fingerprint density at radius 1 is 1.24 bits per heavy atom. The Kier molecular flexibility index (Phi) is 4.90. The smallest absolute Gasteiger partial charge is 0.180 e. The number of rotatable bonds is 6. The quantitative estimate of drug-likeness (QED) is 0.827. The van der Waals surface area contributed by atoms with Gasteiger partial charge in [0.1, 0.15) is 11.4 Å². The topological polar surface area (TPSA) is 68.7 Å². The second-order valence-electron chi connectivity index (χ2n) is 4.40. The minimum Gasteiger partial charge on any atom is -0.493 e. The summed E-state index contributed by atoms with van der Waals surface area (Å²) < 4.78 is 10.9. The van der Waals surface area contributed by atoms with Crippen molar-refractivity contribution in [1.82, 2.24) is 4.98 Å². The Morgan fingerprint density at radius 3 is 2.62 bits per heavy atom. The molecule has 0 saturated carbocycles. The minimum atomic E-state index is -0.0635. The van der Waals surface area contributed by atoms with Gasteiger partial charge in [-0.05, 0) is 29.8 Å². The molecule has 1 N–H and O–H groups in total. The van der Waals surface area contributed by atoms with E-state index < -0.39 is 0 Å². The Balaban J connectivity index is 2.20. The zero-order valence-corrected chi connectivity index (χ0v) is 12.0. The van der Waals surface area contributed by atoms with Crippen LogP contribution in [0.5, 0.6) is 17.2 Å². The molecule has 5 nitrogen and oxygen atoms in total. The van der Waals surface area contributed by atoms with Gasteiger partial charge in [-0.2, -0.15) is 0 Å². The predicted molar refractivity (Wildman–Crippen MR) is 77.8 cm³/mol. The molecule has 21 heavy (non-hydrogen) atoms. The molecule has 0 saturated heterocycles. The van der Waals surface area contributed by atoms with Crippen LogP contribution in [0.2, 0.25) is 0 Å². The van der Waals surface area contributed by atoms with Crippen LogP contribution in [0, 0.1) is 0 Å². The summed E-state index contributed by atoms with van der Waals surface area (Å²) in [6.45, 7) is 1.73. The normalized spacial score (nSPS) is 10.2. The molecule has 1 aromatic heterocycles. The molecule has 0 aliphatic carbocycles. The Bertz CT molecular complexity index is 623. The SMILES string of the molecule is CCC(=O)c1ccc(Oc2ccc(CO)cc2OC)cn1. The Morgan fingerprint density at radius 2 is 2.05 bits per heavy atom. The number of pyridine rings is 1. The molecule has 0 unspecified atom stereocenters. The molecule has 0 radical (unpaired) electrons. The fourth-order valence-corrected chi connectivity index (χ4v) is 1.81. The van der Waals surface area contributed by atoms with Crippen LogP contribution >= 0.6 is 0 Å². The third-order valence-electron chi connectivity index (χ3n) is 2.98. The average molecular weight is 287 g/mol. The molecule has 0 spiro atoms. The number of aliphatic hydroxyl groups excluding tert-OH is 1. The maximum Gasteiger partial charge on any atom is 0.180 e. The summed E-state index contributed by atoms with van der Waals surface area (Å²) in [6, 6.07) is 8.50. The number of carbonyl (C=O) groups excluding carboxylic acids is 1. The van der Waals surface area contributed by atoms with E-state index in [4.69, 9.17) is 14.6 Å². The van der Waals surface area contributed by atoms with Gasteiger partial charge in [0, 0.05) is 6.42 Å². The second kappa shape index (κ2) is 6.85. The first-order valence-corrected chi connectivity index (χ1v) is 6.62. The summed E-state index contributed by atoms with van der Waals surface area (Å²) in [5.74, 6) is 1.55. The van der Waals surface area contributed by atoms with E-state index in [1.807, 2.05) is 0 Å². The van der Waals surface area contributed by atoms with Crippen LogP contribution < -0.4 is 9.47 Å². The van der Waals surface area contributed by atoms with E-state index in [9.17, 15) is 4.79 Å².